The van der Waals surface area contributed by atoms with Crippen LogP contribution in [0.3, 0.4) is 0 Å². The number of carbonyl (C=O) groups excluding carboxylic acids is 1. The molecule has 0 radical (unpaired) electrons. The molecule has 0 bridgehead atoms. The molecule has 0 aromatic carbocycles. The van der Waals surface area contributed by atoms with E-state index in [1.165, 1.54) is 12.5 Å². The normalized spacial score (nSPS) is 21.8. The predicted octanol–water partition coefficient (Wildman–Crippen LogP) is 2.63. The van der Waals surface area contributed by atoms with E-state index in [-0.39, 0.29) is 18.4 Å². The van der Waals surface area contributed by atoms with E-state index >= 15 is 0 Å². The number of likely N-dealkylation sites (tertiary alicyclic amines) is 1. The highest BCUT2D eigenvalue weighted by molar-refractivity contribution is 6.31. The van der Waals surface area contributed by atoms with E-state index < -0.39 is 0 Å². The van der Waals surface area contributed by atoms with E-state index in [0.29, 0.717) is 63.0 Å². The maximum atomic E-state index is 12.4. The van der Waals surface area contributed by atoms with Crippen molar-refractivity contribution in [3.63, 3.8) is 0 Å². The molecule has 1 amide bonds. The molecule has 2 aromatic heterocycles. The molecule has 0 saturated carbocycles. The van der Waals surface area contributed by atoms with Crippen LogP contribution in [0.15, 0.2) is 31.0 Å². The van der Waals surface area contributed by atoms with Gasteiger partial charge >= 0.3 is 6.01 Å². The Hall–Kier alpha value is -3.26. The van der Waals surface area contributed by atoms with Crippen LogP contribution in [0.5, 0.6) is 6.01 Å². The molecular weight excluding hydrogens is 504 g/mol. The zero-order valence-electron chi connectivity index (χ0n) is 21.7. The highest BCUT2D eigenvalue weighted by Crippen LogP contribution is 2.34. The number of likely N-dealkylation sites (N-methyl/N-ethyl adjacent to an activating group) is 1. The first kappa shape index (κ1) is 26.4. The SMILES string of the molecule is C=CC(=O)N1CCN(c2nc(OC[C@@H]3CCCN3C)nc3c2CN(Cc2ncccc2Cl)C3)C[C@@H]1CC#N. The number of fused-ring (bicyclic) bond motifs is 1. The van der Waals surface area contributed by atoms with Gasteiger partial charge < -0.3 is 19.4 Å². The van der Waals surface area contributed by atoms with Gasteiger partial charge in [0.2, 0.25) is 5.91 Å². The molecule has 2 atom stereocenters. The Labute approximate surface area is 228 Å². The maximum Gasteiger partial charge on any atom is 0.318 e. The molecule has 3 aliphatic rings. The number of carbonyl (C=O) groups is 1. The number of anilines is 1. The fourth-order valence-corrected chi connectivity index (χ4v) is 5.74. The Bertz CT molecular complexity index is 1230. The summed E-state index contributed by atoms with van der Waals surface area (Å²) in [5.41, 5.74) is 2.79. The van der Waals surface area contributed by atoms with Gasteiger partial charge in [0, 0.05) is 57.1 Å². The van der Waals surface area contributed by atoms with Crippen LogP contribution < -0.4 is 9.64 Å². The fourth-order valence-electron chi connectivity index (χ4n) is 5.56. The van der Waals surface area contributed by atoms with Gasteiger partial charge in [0.15, 0.2) is 0 Å². The quantitative estimate of drug-likeness (QED) is 0.471. The molecule has 5 heterocycles. The smallest absolute Gasteiger partial charge is 0.318 e. The van der Waals surface area contributed by atoms with E-state index in [0.717, 1.165) is 35.7 Å². The van der Waals surface area contributed by atoms with Crippen LogP contribution >= 0.6 is 11.6 Å². The minimum absolute atomic E-state index is 0.152. The number of halogens is 1. The van der Waals surface area contributed by atoms with Crippen LogP contribution in [0.25, 0.3) is 0 Å². The molecule has 38 heavy (non-hydrogen) atoms. The molecule has 0 spiro atoms. The number of piperazine rings is 1. The summed E-state index contributed by atoms with van der Waals surface area (Å²) in [7, 11) is 2.12. The Morgan fingerprint density at radius 3 is 2.89 bits per heavy atom. The van der Waals surface area contributed by atoms with E-state index in [1.54, 1.807) is 11.1 Å². The van der Waals surface area contributed by atoms with E-state index in [2.05, 4.69) is 39.4 Å². The number of rotatable bonds is 8. The summed E-state index contributed by atoms with van der Waals surface area (Å²) in [6.45, 7) is 8.72. The van der Waals surface area contributed by atoms with Crippen molar-refractivity contribution in [1.29, 1.82) is 5.26 Å². The first-order valence-electron chi connectivity index (χ1n) is 13.1. The summed E-state index contributed by atoms with van der Waals surface area (Å²) in [5, 5.41) is 10.1. The van der Waals surface area contributed by atoms with Crippen molar-refractivity contribution in [1.82, 2.24) is 29.7 Å². The number of hydrogen-bond acceptors (Lipinski definition) is 9. The third-order valence-electron chi connectivity index (χ3n) is 7.66. The van der Waals surface area contributed by atoms with Crippen molar-refractivity contribution in [2.24, 2.45) is 0 Å². The monoisotopic (exact) mass is 536 g/mol. The first-order valence-corrected chi connectivity index (χ1v) is 13.4. The van der Waals surface area contributed by atoms with Gasteiger partial charge in [-0.3, -0.25) is 14.7 Å². The molecule has 11 heteroatoms. The molecule has 10 nitrogen and oxygen atoms in total. The van der Waals surface area contributed by atoms with Crippen LogP contribution in [-0.2, 0) is 24.4 Å². The number of aromatic nitrogens is 3. The summed E-state index contributed by atoms with van der Waals surface area (Å²) in [4.78, 5) is 35.1. The lowest BCUT2D eigenvalue weighted by Crippen LogP contribution is -2.55. The summed E-state index contributed by atoms with van der Waals surface area (Å²) in [6, 6.07) is 6.39. The Kier molecular flexibility index (Phi) is 8.07. The summed E-state index contributed by atoms with van der Waals surface area (Å²) >= 11 is 6.39. The Balaban J connectivity index is 1.41. The van der Waals surface area contributed by atoms with Crippen molar-refractivity contribution in [2.75, 3.05) is 44.7 Å². The Morgan fingerprint density at radius 1 is 1.29 bits per heavy atom. The molecule has 2 aromatic rings. The average molecular weight is 537 g/mol. The summed E-state index contributed by atoms with van der Waals surface area (Å²) in [5.74, 6) is 0.661. The van der Waals surface area contributed by atoms with Gasteiger partial charge in [-0.2, -0.15) is 15.2 Å². The van der Waals surface area contributed by atoms with E-state index in [9.17, 15) is 10.1 Å². The van der Waals surface area contributed by atoms with Gasteiger partial charge in [-0.05, 0) is 44.6 Å². The summed E-state index contributed by atoms with van der Waals surface area (Å²) in [6.07, 6.45) is 5.57. The molecule has 0 N–H and O–H groups in total. The van der Waals surface area contributed by atoms with E-state index in [4.69, 9.17) is 26.3 Å². The number of ether oxygens (including phenoxy) is 1. The number of amides is 1. The second kappa shape index (κ2) is 11.6. The van der Waals surface area contributed by atoms with Gasteiger partial charge in [0.05, 0.1) is 34.9 Å². The zero-order valence-corrected chi connectivity index (χ0v) is 22.5. The molecule has 200 valence electrons. The Morgan fingerprint density at radius 2 is 2.16 bits per heavy atom. The number of hydrogen-bond donors (Lipinski definition) is 0. The minimum Gasteiger partial charge on any atom is -0.462 e. The van der Waals surface area contributed by atoms with Crippen molar-refractivity contribution in [3.05, 3.63) is 53.0 Å². The van der Waals surface area contributed by atoms with Crippen molar-refractivity contribution in [3.8, 4) is 12.1 Å². The summed E-state index contributed by atoms with van der Waals surface area (Å²) < 4.78 is 6.17. The molecule has 0 aliphatic carbocycles. The molecular formula is C27H33ClN8O2. The molecule has 2 saturated heterocycles. The van der Waals surface area contributed by atoms with Crippen molar-refractivity contribution >= 4 is 23.3 Å². The van der Waals surface area contributed by atoms with Crippen LogP contribution in [0, 0.1) is 11.3 Å². The fraction of sp³-hybridized carbons (Fsp3) is 0.519. The molecule has 0 unspecified atom stereocenters. The van der Waals surface area contributed by atoms with Gasteiger partial charge in [0.25, 0.3) is 0 Å². The number of nitrogens with zero attached hydrogens (tertiary/aromatic N) is 8. The molecule has 2 fully saturated rings. The standard InChI is InChI=1S/C27H33ClN8O2/c1-3-25(37)36-13-12-35(14-19(36)8-9-29)26-21-15-34(17-24-22(28)7-4-10-30-24)16-23(21)31-27(32-26)38-18-20-6-5-11-33(20)2/h3-4,7,10,19-20H,1,5-6,8,11-18H2,2H3/t19-,20-/m0/s1. The predicted molar refractivity (Wildman–Crippen MR) is 144 cm³/mol. The second-order valence-corrected chi connectivity index (χ2v) is 10.5. The lowest BCUT2D eigenvalue weighted by molar-refractivity contribution is -0.128. The third-order valence-corrected chi connectivity index (χ3v) is 8.00. The molecule has 5 rings (SSSR count). The van der Waals surface area contributed by atoms with Crippen molar-refractivity contribution < 1.29 is 9.53 Å². The lowest BCUT2D eigenvalue weighted by Gasteiger charge is -2.41. The van der Waals surface area contributed by atoms with Gasteiger partial charge in [0.1, 0.15) is 12.4 Å². The van der Waals surface area contributed by atoms with Crippen molar-refractivity contribution in [2.45, 2.75) is 51.0 Å². The number of pyridine rings is 1. The number of nitriles is 1. The zero-order chi connectivity index (χ0) is 26.6. The maximum absolute atomic E-state index is 12.4. The van der Waals surface area contributed by atoms with Gasteiger partial charge in [-0.25, -0.2) is 0 Å². The van der Waals surface area contributed by atoms with Gasteiger partial charge in [-0.1, -0.05) is 18.2 Å². The largest absolute Gasteiger partial charge is 0.462 e. The average Bonchev–Trinajstić information content (AvgIpc) is 3.53. The van der Waals surface area contributed by atoms with Crippen LogP contribution in [0.1, 0.15) is 36.2 Å². The minimum atomic E-state index is -0.244. The van der Waals surface area contributed by atoms with Crippen LogP contribution in [0.4, 0.5) is 5.82 Å². The second-order valence-electron chi connectivity index (χ2n) is 10.1. The first-order chi connectivity index (χ1) is 18.5. The highest BCUT2D eigenvalue weighted by atomic mass is 35.5. The lowest BCUT2D eigenvalue weighted by atomic mass is 10.1. The topological polar surface area (TPSA) is 102 Å². The molecule has 3 aliphatic heterocycles. The van der Waals surface area contributed by atoms with Gasteiger partial charge in [-0.15, -0.1) is 0 Å². The van der Waals surface area contributed by atoms with Crippen LogP contribution in [-0.4, -0.2) is 87.5 Å². The van der Waals surface area contributed by atoms with Crippen LogP contribution in [0.2, 0.25) is 5.02 Å². The third kappa shape index (κ3) is 5.60. The highest BCUT2D eigenvalue weighted by Gasteiger charge is 2.34. The van der Waals surface area contributed by atoms with E-state index in [1.807, 2.05) is 12.1 Å².